The first-order chi connectivity index (χ1) is 6.88. The monoisotopic (exact) mass is 191 g/mol. The lowest BCUT2D eigenvalue weighted by Crippen LogP contribution is -2.22. The van der Waals surface area contributed by atoms with Crippen LogP contribution < -0.4 is 10.6 Å². The Balaban J connectivity index is 2.00. The SMILES string of the molecule is CCc1ccnc(NC2CCNC2)c1. The molecule has 3 heteroatoms. The fraction of sp³-hybridized carbons (Fsp3) is 0.545. The number of rotatable bonds is 3. The molecule has 2 heterocycles. The van der Waals surface area contributed by atoms with E-state index in [1.54, 1.807) is 0 Å². The molecule has 76 valence electrons. The largest absolute Gasteiger partial charge is 0.366 e. The maximum Gasteiger partial charge on any atom is 0.126 e. The Kier molecular flexibility index (Phi) is 2.99. The lowest BCUT2D eigenvalue weighted by atomic mass is 10.2. The molecule has 14 heavy (non-hydrogen) atoms. The van der Waals surface area contributed by atoms with Crippen LogP contribution in [0.5, 0.6) is 0 Å². The first-order valence-corrected chi connectivity index (χ1v) is 5.30. The van der Waals surface area contributed by atoms with Gasteiger partial charge in [-0.05, 0) is 37.1 Å². The maximum absolute atomic E-state index is 4.31. The number of hydrogen-bond donors (Lipinski definition) is 2. The van der Waals surface area contributed by atoms with Crippen LogP contribution in [0.1, 0.15) is 18.9 Å². The van der Waals surface area contributed by atoms with Crippen LogP contribution in [-0.2, 0) is 6.42 Å². The summed E-state index contributed by atoms with van der Waals surface area (Å²) in [6, 6.07) is 4.76. The van der Waals surface area contributed by atoms with Gasteiger partial charge in [0.05, 0.1) is 0 Å². The second-order valence-electron chi connectivity index (χ2n) is 3.74. The standard InChI is InChI=1S/C11H17N3/c1-2-9-3-6-13-11(7-9)14-10-4-5-12-8-10/h3,6-7,10,12H,2,4-5,8H2,1H3,(H,13,14). The van der Waals surface area contributed by atoms with Gasteiger partial charge in [0.15, 0.2) is 0 Å². The van der Waals surface area contributed by atoms with Crippen molar-refractivity contribution < 1.29 is 0 Å². The van der Waals surface area contributed by atoms with Gasteiger partial charge in [-0.3, -0.25) is 0 Å². The van der Waals surface area contributed by atoms with Crippen LogP contribution in [-0.4, -0.2) is 24.1 Å². The number of nitrogens with zero attached hydrogens (tertiary/aromatic N) is 1. The van der Waals surface area contributed by atoms with Gasteiger partial charge in [-0.1, -0.05) is 6.92 Å². The maximum atomic E-state index is 4.31. The van der Waals surface area contributed by atoms with Crippen molar-refractivity contribution in [2.75, 3.05) is 18.4 Å². The average molecular weight is 191 g/mol. The van der Waals surface area contributed by atoms with Crippen molar-refractivity contribution in [3.8, 4) is 0 Å². The van der Waals surface area contributed by atoms with Crippen molar-refractivity contribution >= 4 is 5.82 Å². The van der Waals surface area contributed by atoms with Crippen molar-refractivity contribution in [1.82, 2.24) is 10.3 Å². The highest BCUT2D eigenvalue weighted by Gasteiger charge is 2.13. The minimum absolute atomic E-state index is 0.551. The van der Waals surface area contributed by atoms with Gasteiger partial charge in [-0.2, -0.15) is 0 Å². The second kappa shape index (κ2) is 4.42. The van der Waals surface area contributed by atoms with E-state index in [1.165, 1.54) is 12.0 Å². The highest BCUT2D eigenvalue weighted by atomic mass is 15.1. The van der Waals surface area contributed by atoms with Crippen molar-refractivity contribution in [2.24, 2.45) is 0 Å². The molecule has 0 radical (unpaired) electrons. The van der Waals surface area contributed by atoms with Crippen molar-refractivity contribution in [3.63, 3.8) is 0 Å². The van der Waals surface area contributed by atoms with Gasteiger partial charge in [0, 0.05) is 18.8 Å². The summed E-state index contributed by atoms with van der Waals surface area (Å²) in [6.45, 7) is 4.33. The zero-order valence-electron chi connectivity index (χ0n) is 8.59. The lowest BCUT2D eigenvalue weighted by Gasteiger charge is -2.12. The Morgan fingerprint density at radius 1 is 1.64 bits per heavy atom. The quantitative estimate of drug-likeness (QED) is 0.758. The van der Waals surface area contributed by atoms with Crippen LogP contribution in [0.3, 0.4) is 0 Å². The summed E-state index contributed by atoms with van der Waals surface area (Å²) in [4.78, 5) is 4.31. The van der Waals surface area contributed by atoms with E-state index in [4.69, 9.17) is 0 Å². The van der Waals surface area contributed by atoms with E-state index in [9.17, 15) is 0 Å². The third kappa shape index (κ3) is 2.23. The third-order valence-electron chi connectivity index (χ3n) is 2.64. The van der Waals surface area contributed by atoms with Gasteiger partial charge < -0.3 is 10.6 Å². The van der Waals surface area contributed by atoms with Crippen LogP contribution in [0.4, 0.5) is 5.82 Å². The molecular formula is C11H17N3. The molecule has 1 aliphatic heterocycles. The van der Waals surface area contributed by atoms with Gasteiger partial charge in [-0.25, -0.2) is 4.98 Å². The summed E-state index contributed by atoms with van der Waals surface area (Å²) in [5.74, 6) is 1.01. The molecular weight excluding hydrogens is 174 g/mol. The van der Waals surface area contributed by atoms with E-state index in [-0.39, 0.29) is 0 Å². The Morgan fingerprint density at radius 3 is 3.29 bits per heavy atom. The van der Waals surface area contributed by atoms with Crippen molar-refractivity contribution in [2.45, 2.75) is 25.8 Å². The third-order valence-corrected chi connectivity index (χ3v) is 2.64. The minimum Gasteiger partial charge on any atom is -0.366 e. The van der Waals surface area contributed by atoms with Crippen LogP contribution in [0, 0.1) is 0 Å². The van der Waals surface area contributed by atoms with Gasteiger partial charge in [0.1, 0.15) is 5.82 Å². The Morgan fingerprint density at radius 2 is 2.57 bits per heavy atom. The van der Waals surface area contributed by atoms with Gasteiger partial charge in [0.25, 0.3) is 0 Å². The molecule has 1 aromatic rings. The Hall–Kier alpha value is -1.09. The zero-order valence-corrected chi connectivity index (χ0v) is 8.59. The van der Waals surface area contributed by atoms with Crippen LogP contribution in [0.2, 0.25) is 0 Å². The fourth-order valence-electron chi connectivity index (χ4n) is 1.76. The molecule has 1 aliphatic rings. The fourth-order valence-corrected chi connectivity index (χ4v) is 1.76. The van der Waals surface area contributed by atoms with Gasteiger partial charge in [-0.15, -0.1) is 0 Å². The predicted molar refractivity (Wildman–Crippen MR) is 58.5 cm³/mol. The van der Waals surface area contributed by atoms with E-state index in [0.29, 0.717) is 6.04 Å². The summed E-state index contributed by atoms with van der Waals surface area (Å²) in [5, 5.41) is 6.77. The molecule has 0 aromatic carbocycles. The normalized spacial score (nSPS) is 21.1. The van der Waals surface area contributed by atoms with Gasteiger partial charge in [0.2, 0.25) is 0 Å². The number of aromatic nitrogens is 1. The van der Waals surface area contributed by atoms with Gasteiger partial charge >= 0.3 is 0 Å². The molecule has 2 N–H and O–H groups in total. The molecule has 1 unspecified atom stereocenters. The van der Waals surface area contributed by atoms with E-state index in [1.807, 2.05) is 6.20 Å². The molecule has 1 saturated heterocycles. The zero-order chi connectivity index (χ0) is 9.80. The number of pyridine rings is 1. The Labute approximate surface area is 84.9 Å². The van der Waals surface area contributed by atoms with Crippen LogP contribution in [0.15, 0.2) is 18.3 Å². The molecule has 0 spiro atoms. The number of hydrogen-bond acceptors (Lipinski definition) is 3. The highest BCUT2D eigenvalue weighted by molar-refractivity contribution is 5.38. The number of anilines is 1. The Bertz CT molecular complexity index is 292. The molecule has 0 bridgehead atoms. The lowest BCUT2D eigenvalue weighted by molar-refractivity contribution is 0.787. The van der Waals surface area contributed by atoms with E-state index in [0.717, 1.165) is 25.3 Å². The summed E-state index contributed by atoms with van der Waals surface area (Å²) in [7, 11) is 0. The van der Waals surface area contributed by atoms with Crippen LogP contribution in [0.25, 0.3) is 0 Å². The average Bonchev–Trinajstić information content (AvgIpc) is 2.71. The highest BCUT2D eigenvalue weighted by Crippen LogP contribution is 2.11. The van der Waals surface area contributed by atoms with Crippen LogP contribution >= 0.6 is 0 Å². The van der Waals surface area contributed by atoms with Crippen molar-refractivity contribution in [3.05, 3.63) is 23.9 Å². The molecule has 1 fully saturated rings. The molecule has 0 amide bonds. The molecule has 1 atom stereocenters. The number of aryl methyl sites for hydroxylation is 1. The summed E-state index contributed by atoms with van der Waals surface area (Å²) in [5.41, 5.74) is 1.34. The first kappa shape index (κ1) is 9.46. The van der Waals surface area contributed by atoms with E-state index >= 15 is 0 Å². The summed E-state index contributed by atoms with van der Waals surface area (Å²) in [6.07, 6.45) is 4.14. The molecule has 1 aromatic heterocycles. The molecule has 0 saturated carbocycles. The van der Waals surface area contributed by atoms with E-state index < -0.39 is 0 Å². The summed E-state index contributed by atoms with van der Waals surface area (Å²) >= 11 is 0. The smallest absolute Gasteiger partial charge is 0.126 e. The molecule has 2 rings (SSSR count). The first-order valence-electron chi connectivity index (χ1n) is 5.30. The summed E-state index contributed by atoms with van der Waals surface area (Å²) < 4.78 is 0. The van der Waals surface area contributed by atoms with E-state index in [2.05, 4.69) is 34.7 Å². The molecule has 0 aliphatic carbocycles. The predicted octanol–water partition coefficient (Wildman–Crippen LogP) is 1.42. The van der Waals surface area contributed by atoms with Crippen molar-refractivity contribution in [1.29, 1.82) is 0 Å². The molecule has 3 nitrogen and oxygen atoms in total. The second-order valence-corrected chi connectivity index (χ2v) is 3.74. The topological polar surface area (TPSA) is 37.0 Å². The minimum atomic E-state index is 0.551. The number of nitrogens with one attached hydrogen (secondary N) is 2.